The van der Waals surface area contributed by atoms with Gasteiger partial charge in [-0.05, 0) is 19.4 Å². The van der Waals surface area contributed by atoms with Crippen molar-refractivity contribution >= 4 is 36.9 Å². The molecule has 0 bridgehead atoms. The summed E-state index contributed by atoms with van der Waals surface area (Å²) in [5.74, 6) is -0.720. The SMILES string of the molecule is CCCCCCCCCCCCC[C](=O)[Na].O=C(O)[C@@H]1CCCN1. The fourth-order valence-electron chi connectivity index (χ4n) is 2.93. The number of carboxylic acid groups (broad SMARTS) is 1. The smallest absolute Gasteiger partial charge is 0.320 e. The van der Waals surface area contributed by atoms with Crippen molar-refractivity contribution in [2.75, 3.05) is 6.54 Å². The molecule has 0 spiro atoms. The third-order valence-corrected chi connectivity index (χ3v) is 4.99. The minimum Gasteiger partial charge on any atom is -0.480 e. The molecule has 1 aliphatic heterocycles. The standard InChI is InChI=1S/C14H27O.C5H9NO2.Na/c1-2-3-4-5-6-7-8-9-10-11-12-13-14-15;7-5(8)4-2-1-3-6-4;/h2-13H2,1H3;4,6H,1-3H2,(H,7,8);/t;4-;/m.0./s1. The molecule has 1 atom stereocenters. The second kappa shape index (κ2) is 17.9. The first kappa shape index (κ1) is 24.1. The summed E-state index contributed by atoms with van der Waals surface area (Å²) in [6.07, 6.45) is 17.6. The first-order valence-corrected chi connectivity index (χ1v) is 11.0. The van der Waals surface area contributed by atoms with Crippen LogP contribution in [-0.4, -0.2) is 54.6 Å². The molecule has 1 heterocycles. The summed E-state index contributed by atoms with van der Waals surface area (Å²) in [4.78, 5) is 20.9. The molecule has 0 aromatic carbocycles. The third kappa shape index (κ3) is 16.9. The summed E-state index contributed by atoms with van der Waals surface area (Å²) in [7, 11) is 0. The van der Waals surface area contributed by atoms with Gasteiger partial charge in [-0.25, -0.2) is 0 Å². The number of carbonyl (C=O) groups excluding carboxylic acids is 1. The van der Waals surface area contributed by atoms with E-state index in [1.807, 2.05) is 0 Å². The molecule has 1 saturated heterocycles. The minimum absolute atomic E-state index is 0.269. The van der Waals surface area contributed by atoms with Crippen LogP contribution in [0.25, 0.3) is 0 Å². The molecule has 136 valence electrons. The maximum absolute atomic E-state index is 10.8. The number of hydrogen-bond donors (Lipinski definition) is 2. The largest absolute Gasteiger partial charge is 0.480 e. The summed E-state index contributed by atoms with van der Waals surface area (Å²) in [6, 6.07) is -0.269. The Morgan fingerprint density at radius 1 is 0.958 bits per heavy atom. The number of nitrogens with one attached hydrogen (secondary N) is 1. The Kier molecular flexibility index (Phi) is 18.0. The van der Waals surface area contributed by atoms with Gasteiger partial charge in [0.15, 0.2) is 0 Å². The van der Waals surface area contributed by atoms with E-state index in [1.165, 1.54) is 64.2 Å². The molecule has 0 amide bonds. The van der Waals surface area contributed by atoms with E-state index >= 15 is 0 Å². The fourth-order valence-corrected chi connectivity index (χ4v) is 3.29. The van der Waals surface area contributed by atoms with Crippen LogP contribution in [0, 0.1) is 0 Å². The summed E-state index contributed by atoms with van der Waals surface area (Å²) in [5.41, 5.74) is 0. The van der Waals surface area contributed by atoms with Gasteiger partial charge in [-0.15, -0.1) is 0 Å². The van der Waals surface area contributed by atoms with E-state index in [0.717, 1.165) is 60.2 Å². The van der Waals surface area contributed by atoms with Gasteiger partial charge in [0.05, 0.1) is 0 Å². The number of carbonyl (C=O) groups is 2. The van der Waals surface area contributed by atoms with Crippen molar-refractivity contribution in [3.8, 4) is 0 Å². The van der Waals surface area contributed by atoms with E-state index in [2.05, 4.69) is 12.2 Å². The molecular weight excluding hydrogens is 313 g/mol. The minimum atomic E-state index is -0.720. The van der Waals surface area contributed by atoms with E-state index in [0.29, 0.717) is 3.03 Å². The first-order chi connectivity index (χ1) is 11.6. The summed E-state index contributed by atoms with van der Waals surface area (Å²) in [5, 5.41) is 11.2. The van der Waals surface area contributed by atoms with Crippen molar-refractivity contribution in [1.82, 2.24) is 5.32 Å². The van der Waals surface area contributed by atoms with Gasteiger partial charge in [0.2, 0.25) is 0 Å². The van der Waals surface area contributed by atoms with Gasteiger partial charge in [-0.2, -0.15) is 0 Å². The van der Waals surface area contributed by atoms with Crippen molar-refractivity contribution in [3.05, 3.63) is 0 Å². The molecule has 1 aliphatic rings. The Labute approximate surface area is 166 Å². The van der Waals surface area contributed by atoms with Crippen LogP contribution < -0.4 is 5.32 Å². The number of hydrogen-bond acceptors (Lipinski definition) is 3. The van der Waals surface area contributed by atoms with Gasteiger partial charge in [-0.3, -0.25) is 4.79 Å². The molecule has 0 radical (unpaired) electrons. The van der Waals surface area contributed by atoms with Crippen molar-refractivity contribution < 1.29 is 14.7 Å². The Morgan fingerprint density at radius 3 is 1.79 bits per heavy atom. The van der Waals surface area contributed by atoms with Crippen molar-refractivity contribution in [3.63, 3.8) is 0 Å². The Morgan fingerprint density at radius 2 is 1.46 bits per heavy atom. The van der Waals surface area contributed by atoms with Gasteiger partial charge in [0, 0.05) is 0 Å². The maximum atomic E-state index is 10.8. The van der Waals surface area contributed by atoms with Crippen LogP contribution in [0.2, 0.25) is 0 Å². The van der Waals surface area contributed by atoms with Gasteiger partial charge >= 0.3 is 112 Å². The Balaban J connectivity index is 0.000000546. The molecule has 0 aromatic rings. The Hall–Kier alpha value is 0.1000. The van der Waals surface area contributed by atoms with Crippen LogP contribution in [0.3, 0.4) is 0 Å². The van der Waals surface area contributed by atoms with Gasteiger partial charge in [0.1, 0.15) is 6.04 Å². The van der Waals surface area contributed by atoms with Crippen molar-refractivity contribution in [1.29, 1.82) is 0 Å². The van der Waals surface area contributed by atoms with Gasteiger partial charge < -0.3 is 10.4 Å². The summed E-state index contributed by atoms with van der Waals surface area (Å²) in [6.45, 7) is 3.13. The van der Waals surface area contributed by atoms with E-state index in [4.69, 9.17) is 5.11 Å². The molecule has 0 aromatic heterocycles. The third-order valence-electron chi connectivity index (χ3n) is 4.49. The second-order valence-electron chi connectivity index (χ2n) is 6.97. The molecule has 1 rings (SSSR count). The van der Waals surface area contributed by atoms with Crippen LogP contribution in [0.15, 0.2) is 0 Å². The van der Waals surface area contributed by atoms with Crippen LogP contribution >= 0.6 is 0 Å². The summed E-state index contributed by atoms with van der Waals surface area (Å²) >= 11 is 0.751. The van der Waals surface area contributed by atoms with E-state index < -0.39 is 5.97 Å². The van der Waals surface area contributed by atoms with Crippen LogP contribution in [0.4, 0.5) is 0 Å². The Bertz CT molecular complexity index is 318. The zero-order chi connectivity index (χ0) is 18.0. The van der Waals surface area contributed by atoms with Gasteiger partial charge in [-0.1, -0.05) is 13.3 Å². The van der Waals surface area contributed by atoms with E-state index in [9.17, 15) is 9.59 Å². The molecule has 4 nitrogen and oxygen atoms in total. The van der Waals surface area contributed by atoms with Crippen LogP contribution in [0.5, 0.6) is 0 Å². The average molecular weight is 349 g/mol. The predicted octanol–water partition coefficient (Wildman–Crippen LogP) is 4.21. The second-order valence-corrected chi connectivity index (χ2v) is 8.09. The zero-order valence-electron chi connectivity index (χ0n) is 15.9. The van der Waals surface area contributed by atoms with Crippen LogP contribution in [-0.2, 0) is 9.59 Å². The molecular formula is C19H36NNaO3. The number of carboxylic acids is 1. The average Bonchev–Trinajstić information content (AvgIpc) is 3.08. The quantitative estimate of drug-likeness (QED) is 0.386. The molecule has 0 saturated carbocycles. The summed E-state index contributed by atoms with van der Waals surface area (Å²) < 4.78 is 0.482. The van der Waals surface area contributed by atoms with E-state index in [1.54, 1.807) is 0 Å². The first-order valence-electron chi connectivity index (χ1n) is 10.0. The predicted molar refractivity (Wildman–Crippen MR) is 100 cm³/mol. The van der Waals surface area contributed by atoms with Crippen LogP contribution in [0.1, 0.15) is 96.8 Å². The molecule has 0 aliphatic carbocycles. The normalized spacial score (nSPS) is 16.5. The molecule has 1 fully saturated rings. The van der Waals surface area contributed by atoms with Gasteiger partial charge in [0.25, 0.3) is 0 Å². The van der Waals surface area contributed by atoms with Crippen molar-refractivity contribution in [2.24, 2.45) is 0 Å². The molecule has 24 heavy (non-hydrogen) atoms. The van der Waals surface area contributed by atoms with Crippen molar-refractivity contribution in [2.45, 2.75) is 103 Å². The zero-order valence-corrected chi connectivity index (χ0v) is 17.9. The number of rotatable bonds is 13. The molecule has 5 heteroatoms. The molecule has 2 N–H and O–H groups in total. The monoisotopic (exact) mass is 349 g/mol. The fraction of sp³-hybridized carbons (Fsp3) is 0.895. The topological polar surface area (TPSA) is 66.4 Å². The van der Waals surface area contributed by atoms with E-state index in [-0.39, 0.29) is 6.04 Å². The number of unbranched alkanes of at least 4 members (excludes halogenated alkanes) is 10. The maximum Gasteiger partial charge on any atom is 0.320 e. The molecule has 0 unspecified atom stereocenters. The number of aliphatic carboxylic acids is 1.